The number of esters is 1. The van der Waals surface area contributed by atoms with Crippen LogP contribution >= 0.6 is 0 Å². The van der Waals surface area contributed by atoms with Crippen LogP contribution in [0.25, 0.3) is 0 Å². The zero-order chi connectivity index (χ0) is 41.0. The lowest BCUT2D eigenvalue weighted by molar-refractivity contribution is -0.251. The summed E-state index contributed by atoms with van der Waals surface area (Å²) in [6, 6.07) is 0. The number of nitrogens with zero attached hydrogens (tertiary/aromatic N) is 2. The third-order valence-corrected chi connectivity index (χ3v) is 19.5. The fourth-order valence-electron chi connectivity index (χ4n) is 16.0. The van der Waals surface area contributed by atoms with Gasteiger partial charge in [0.05, 0.1) is 17.3 Å². The highest BCUT2D eigenvalue weighted by atomic mass is 16.5. The van der Waals surface area contributed by atoms with Gasteiger partial charge in [0.15, 0.2) is 0 Å². The van der Waals surface area contributed by atoms with E-state index >= 15 is 4.79 Å². The molecule has 316 valence electrons. The van der Waals surface area contributed by atoms with Crippen LogP contribution in [0, 0.1) is 73.9 Å². The topological polar surface area (TPSA) is 99.2 Å². The van der Waals surface area contributed by atoms with E-state index < -0.39 is 17.3 Å². The Bertz CT molecular complexity index is 1580. The summed E-state index contributed by atoms with van der Waals surface area (Å²) < 4.78 is 6.45. The van der Waals surface area contributed by atoms with Gasteiger partial charge in [-0.05, 0) is 149 Å². The molecule has 0 bridgehead atoms. The number of ether oxygens (including phenoxy) is 1. The van der Waals surface area contributed by atoms with Gasteiger partial charge in [0, 0.05) is 43.7 Å². The molecule has 0 unspecified atom stereocenters. The maximum Gasteiger partial charge on any atom is 0.309 e. The monoisotopic (exact) mass is 778 g/mol. The van der Waals surface area contributed by atoms with E-state index in [0.29, 0.717) is 41.9 Å². The van der Waals surface area contributed by atoms with Gasteiger partial charge in [-0.3, -0.25) is 19.3 Å². The molecule has 56 heavy (non-hydrogen) atoms. The first-order valence-electron chi connectivity index (χ1n) is 22.8. The summed E-state index contributed by atoms with van der Waals surface area (Å²) >= 11 is 0. The Hall–Kier alpha value is -1.93. The summed E-state index contributed by atoms with van der Waals surface area (Å²) in [6.45, 7) is 36.3. The van der Waals surface area contributed by atoms with Crippen LogP contribution in [0.5, 0.6) is 0 Å². The van der Waals surface area contributed by atoms with Crippen molar-refractivity contribution >= 4 is 17.8 Å². The number of carboxylic acids is 1. The Morgan fingerprint density at radius 3 is 2.05 bits per heavy atom. The number of carbonyl (C=O) groups excluding carboxylic acids is 2. The normalized spacial score (nSPS) is 44.6. The summed E-state index contributed by atoms with van der Waals surface area (Å²) in [4.78, 5) is 45.5. The number of allylic oxidation sites excluding steroid dienone is 1. The van der Waals surface area contributed by atoms with Gasteiger partial charge in [-0.25, -0.2) is 0 Å². The molecule has 7 aliphatic rings. The Balaban J connectivity index is 1.10. The molecule has 1 heterocycles. The van der Waals surface area contributed by atoms with Crippen LogP contribution in [-0.2, 0) is 19.1 Å². The molecule has 7 rings (SSSR count). The average molecular weight is 778 g/mol. The highest BCUT2D eigenvalue weighted by Crippen LogP contribution is 2.77. The largest absolute Gasteiger partial charge is 0.481 e. The maximum absolute atomic E-state index is 15.0. The number of fused-ring (bicyclic) bond motifs is 7. The number of nitrogens with one attached hydrogen (secondary N) is 1. The van der Waals surface area contributed by atoms with Gasteiger partial charge in [0.1, 0.15) is 6.10 Å². The van der Waals surface area contributed by atoms with Crippen molar-refractivity contribution in [3.8, 4) is 0 Å². The number of rotatable bonds is 9. The first-order chi connectivity index (χ1) is 26.0. The summed E-state index contributed by atoms with van der Waals surface area (Å²) in [5.41, 5.74) is 0.315. The predicted octanol–water partition coefficient (Wildman–Crippen LogP) is 8.84. The second kappa shape index (κ2) is 14.1. The van der Waals surface area contributed by atoms with Crippen LogP contribution in [-0.4, -0.2) is 83.7 Å². The minimum Gasteiger partial charge on any atom is -0.481 e. The second-order valence-corrected chi connectivity index (χ2v) is 23.2. The summed E-state index contributed by atoms with van der Waals surface area (Å²) in [5.74, 6) is 0.675. The van der Waals surface area contributed by atoms with Gasteiger partial charge in [-0.2, -0.15) is 0 Å². The number of aliphatic carboxylic acids is 1. The van der Waals surface area contributed by atoms with Crippen LogP contribution < -0.4 is 5.32 Å². The number of carbonyl (C=O) groups is 3. The van der Waals surface area contributed by atoms with E-state index in [-0.39, 0.29) is 50.6 Å². The molecule has 8 nitrogen and oxygen atoms in total. The van der Waals surface area contributed by atoms with Crippen LogP contribution in [0.1, 0.15) is 147 Å². The molecule has 6 saturated carbocycles. The van der Waals surface area contributed by atoms with Gasteiger partial charge in [-0.15, -0.1) is 0 Å². The minimum atomic E-state index is -0.813. The highest BCUT2D eigenvalue weighted by Gasteiger charge is 2.72. The van der Waals surface area contributed by atoms with Crippen LogP contribution in [0.15, 0.2) is 12.2 Å². The number of piperazine rings is 1. The number of hydrogen-bond acceptors (Lipinski definition) is 6. The van der Waals surface area contributed by atoms with Gasteiger partial charge < -0.3 is 20.1 Å². The van der Waals surface area contributed by atoms with E-state index in [2.05, 4.69) is 84.0 Å². The van der Waals surface area contributed by atoms with Crippen LogP contribution in [0.2, 0.25) is 0 Å². The number of hydrogen-bond donors (Lipinski definition) is 2. The van der Waals surface area contributed by atoms with Crippen molar-refractivity contribution in [2.24, 2.45) is 73.9 Å². The summed E-state index contributed by atoms with van der Waals surface area (Å²) in [7, 11) is 0. The number of carboxylic acid groups (broad SMARTS) is 1. The summed E-state index contributed by atoms with van der Waals surface area (Å²) in [6.07, 6.45) is 10.9. The lowest BCUT2D eigenvalue weighted by atomic mass is 9.32. The minimum absolute atomic E-state index is 0.134. The molecule has 7 fully saturated rings. The van der Waals surface area contributed by atoms with Crippen molar-refractivity contribution in [2.45, 2.75) is 158 Å². The SMILES string of the molecule is C=C(C)[C@@H]1CC[C@]2(C(=O)NC(C)(C)CN3CCN(CC)CC3)CC[C@]3(C)[C@H](CC[C@@H]4[C@@]5(C)CC[C@H](OC(=O)[C@H]6C[C@@H](C(=O)O)C6(C)C)C(C)(C)[C@@H]5CC[C@]43C)[C@@H]12. The Kier molecular flexibility index (Phi) is 10.6. The molecule has 0 spiro atoms. The molecule has 0 radical (unpaired) electrons. The molecular weight excluding hydrogens is 699 g/mol. The Morgan fingerprint density at radius 2 is 1.45 bits per heavy atom. The van der Waals surface area contributed by atoms with E-state index in [4.69, 9.17) is 4.74 Å². The molecule has 0 aromatic heterocycles. The standard InChI is InChI=1S/C48H79N3O5/c1-13-50-24-26-51(27-25-50)29-42(4,5)49-41(55)48-21-16-31(30(2)3)38(48)32-14-15-36-45(10)19-18-37(56-40(54)34-28-33(39(52)53)43(34,6)7)44(8,9)35(45)17-20-47(36,12)46(32,11)22-23-48/h31-38H,2,13-29H2,1,3-12H3,(H,49,55)(H,52,53)/t31-,32+,33-,34+,35-,36+,37-,38+,45-,46+,47+,48-/m0/s1. The van der Waals surface area contributed by atoms with E-state index in [0.717, 1.165) is 84.2 Å². The molecule has 0 aromatic rings. The van der Waals surface area contributed by atoms with Crippen molar-refractivity contribution in [1.29, 1.82) is 0 Å². The van der Waals surface area contributed by atoms with Crippen molar-refractivity contribution in [2.75, 3.05) is 39.3 Å². The molecule has 1 saturated heterocycles. The van der Waals surface area contributed by atoms with Gasteiger partial charge in [-0.1, -0.05) is 67.5 Å². The third kappa shape index (κ3) is 6.28. The Labute approximate surface area is 340 Å². The van der Waals surface area contributed by atoms with Crippen molar-refractivity contribution < 1.29 is 24.2 Å². The first kappa shape index (κ1) is 42.2. The van der Waals surface area contributed by atoms with E-state index in [1.807, 2.05) is 13.8 Å². The molecule has 1 amide bonds. The molecule has 1 aliphatic heterocycles. The second-order valence-electron chi connectivity index (χ2n) is 23.2. The number of likely N-dealkylation sites (N-methyl/N-ethyl adjacent to an activating group) is 1. The smallest absolute Gasteiger partial charge is 0.309 e. The molecule has 0 aromatic carbocycles. The van der Waals surface area contributed by atoms with Gasteiger partial charge in [0.25, 0.3) is 0 Å². The van der Waals surface area contributed by atoms with Crippen molar-refractivity contribution in [3.63, 3.8) is 0 Å². The lowest BCUT2D eigenvalue weighted by Crippen LogP contribution is -2.68. The fourth-order valence-corrected chi connectivity index (χ4v) is 16.0. The zero-order valence-electron chi connectivity index (χ0n) is 37.3. The third-order valence-electron chi connectivity index (χ3n) is 19.5. The van der Waals surface area contributed by atoms with Crippen LogP contribution in [0.4, 0.5) is 0 Å². The zero-order valence-corrected chi connectivity index (χ0v) is 37.3. The average Bonchev–Trinajstić information content (AvgIpc) is 3.51. The highest BCUT2D eigenvalue weighted by molar-refractivity contribution is 5.84. The van der Waals surface area contributed by atoms with Crippen molar-refractivity contribution in [1.82, 2.24) is 15.1 Å². The van der Waals surface area contributed by atoms with E-state index in [9.17, 15) is 14.7 Å². The quantitative estimate of drug-likeness (QED) is 0.178. The fraction of sp³-hybridized carbons (Fsp3) is 0.896. The Morgan fingerprint density at radius 1 is 0.786 bits per heavy atom. The van der Waals surface area contributed by atoms with Crippen molar-refractivity contribution in [3.05, 3.63) is 12.2 Å². The predicted molar refractivity (Wildman–Crippen MR) is 223 cm³/mol. The maximum atomic E-state index is 15.0. The lowest BCUT2D eigenvalue weighted by Gasteiger charge is -2.73. The molecule has 8 heteroatoms. The molecule has 2 N–H and O–H groups in total. The van der Waals surface area contributed by atoms with Gasteiger partial charge in [0.2, 0.25) is 5.91 Å². The first-order valence-corrected chi connectivity index (χ1v) is 22.8. The van der Waals surface area contributed by atoms with Gasteiger partial charge >= 0.3 is 11.9 Å². The summed E-state index contributed by atoms with van der Waals surface area (Å²) in [5, 5.41) is 13.4. The molecular formula is C48H79N3O5. The molecule has 6 aliphatic carbocycles. The molecule has 12 atom stereocenters. The number of amides is 1. The van der Waals surface area contributed by atoms with E-state index in [1.54, 1.807) is 0 Å². The van der Waals surface area contributed by atoms with E-state index in [1.165, 1.54) is 24.8 Å². The van der Waals surface area contributed by atoms with Crippen LogP contribution in [0.3, 0.4) is 0 Å².